The zero-order valence-electron chi connectivity index (χ0n) is 12.1. The highest BCUT2D eigenvalue weighted by Crippen LogP contribution is 2.46. The summed E-state index contributed by atoms with van der Waals surface area (Å²) in [5.41, 5.74) is 0.728. The molecule has 0 spiro atoms. The van der Waals surface area contributed by atoms with Crippen LogP contribution in [0.4, 0.5) is 8.78 Å². The third-order valence-electron chi connectivity index (χ3n) is 3.80. The van der Waals surface area contributed by atoms with Crippen LogP contribution in [-0.4, -0.2) is 37.4 Å². The van der Waals surface area contributed by atoms with E-state index in [2.05, 4.69) is 21.5 Å². The molecule has 22 heavy (non-hydrogen) atoms. The van der Waals surface area contributed by atoms with Crippen molar-refractivity contribution in [2.45, 2.75) is 18.8 Å². The Morgan fingerprint density at radius 1 is 1.32 bits per heavy atom. The zero-order valence-corrected chi connectivity index (χ0v) is 12.9. The Morgan fingerprint density at radius 2 is 2.05 bits per heavy atom. The number of nitrogens with zero attached hydrogens (tertiary/aromatic N) is 1. The Balaban J connectivity index is 0.00000176. The van der Waals surface area contributed by atoms with E-state index in [4.69, 9.17) is 4.74 Å². The number of halogens is 3. The van der Waals surface area contributed by atoms with Gasteiger partial charge in [-0.3, -0.25) is 4.90 Å². The number of hydrogen-bond donors (Lipinski definition) is 1. The Kier molecular flexibility index (Phi) is 5.26. The van der Waals surface area contributed by atoms with Crippen molar-refractivity contribution in [2.75, 3.05) is 26.2 Å². The van der Waals surface area contributed by atoms with E-state index < -0.39 is 6.29 Å². The summed E-state index contributed by atoms with van der Waals surface area (Å²) in [5, 5.41) is 3.29. The first-order valence-corrected chi connectivity index (χ1v) is 7.05. The van der Waals surface area contributed by atoms with Crippen molar-refractivity contribution in [3.05, 3.63) is 36.4 Å². The van der Waals surface area contributed by atoms with Gasteiger partial charge in [-0.1, -0.05) is 18.2 Å². The second-order valence-electron chi connectivity index (χ2n) is 5.17. The molecule has 1 saturated heterocycles. The number of alkyl halides is 2. The second-order valence-corrected chi connectivity index (χ2v) is 5.17. The van der Waals surface area contributed by atoms with E-state index in [1.807, 2.05) is 6.07 Å². The van der Waals surface area contributed by atoms with E-state index in [1.165, 1.54) is 6.07 Å². The average Bonchev–Trinajstić information content (AvgIpc) is 2.79. The van der Waals surface area contributed by atoms with Crippen LogP contribution in [0.1, 0.15) is 18.0 Å². The van der Waals surface area contributed by atoms with E-state index in [-0.39, 0.29) is 29.9 Å². The van der Waals surface area contributed by atoms with Crippen LogP contribution >= 0.6 is 12.4 Å². The lowest BCUT2D eigenvalue weighted by molar-refractivity contribution is -0.287. The Morgan fingerprint density at radius 3 is 2.73 bits per heavy atom. The lowest BCUT2D eigenvalue weighted by atomic mass is 9.99. The first-order valence-electron chi connectivity index (χ1n) is 7.05. The predicted molar refractivity (Wildman–Crippen MR) is 81.9 cm³/mol. The lowest BCUT2D eigenvalue weighted by Gasteiger charge is -2.35. The monoisotopic (exact) mass is 332 g/mol. The molecule has 1 atom stereocenters. The van der Waals surface area contributed by atoms with E-state index in [9.17, 15) is 8.78 Å². The smallest absolute Gasteiger partial charge is 0.395 e. The summed E-state index contributed by atoms with van der Waals surface area (Å²) in [6.07, 6.45) is -1.11. The van der Waals surface area contributed by atoms with Crippen molar-refractivity contribution < 1.29 is 18.3 Å². The fraction of sp³-hybridized carbons (Fsp3) is 0.467. The summed E-state index contributed by atoms with van der Waals surface area (Å²) in [4.78, 5) is 2.26. The van der Waals surface area contributed by atoms with Crippen molar-refractivity contribution in [2.24, 2.45) is 0 Å². The van der Waals surface area contributed by atoms with Gasteiger partial charge >= 0.3 is 6.29 Å². The molecule has 0 radical (unpaired) electrons. The second kappa shape index (κ2) is 6.81. The van der Waals surface area contributed by atoms with Gasteiger partial charge in [0.2, 0.25) is 0 Å². The van der Waals surface area contributed by atoms with Gasteiger partial charge in [-0.25, -0.2) is 0 Å². The normalized spacial score (nSPS) is 21.0. The van der Waals surface area contributed by atoms with E-state index in [0.29, 0.717) is 6.42 Å². The van der Waals surface area contributed by atoms with Gasteiger partial charge in [0.15, 0.2) is 11.5 Å². The summed E-state index contributed by atoms with van der Waals surface area (Å²) >= 11 is 0. The molecule has 2 heterocycles. The Bertz CT molecular complexity index is 536. The van der Waals surface area contributed by atoms with Crippen molar-refractivity contribution in [1.82, 2.24) is 10.2 Å². The SMILES string of the molecule is C=CC[C@H](c1cccc2c1OC(F)(F)O2)N1CCNCC1.Cl. The molecule has 3 rings (SSSR count). The molecule has 1 aromatic rings. The maximum absolute atomic E-state index is 13.3. The number of rotatable bonds is 4. The van der Waals surface area contributed by atoms with Crippen LogP contribution in [-0.2, 0) is 0 Å². The summed E-state index contributed by atoms with van der Waals surface area (Å²) < 4.78 is 35.9. The molecule has 0 unspecified atom stereocenters. The molecule has 0 saturated carbocycles. The number of para-hydroxylation sites is 1. The third-order valence-corrected chi connectivity index (χ3v) is 3.80. The molecule has 0 amide bonds. The highest BCUT2D eigenvalue weighted by atomic mass is 35.5. The van der Waals surface area contributed by atoms with Gasteiger partial charge in [0.05, 0.1) is 0 Å². The molecule has 2 aliphatic rings. The van der Waals surface area contributed by atoms with Gasteiger partial charge in [-0.2, -0.15) is 0 Å². The van der Waals surface area contributed by atoms with Crippen LogP contribution in [0, 0.1) is 0 Å². The van der Waals surface area contributed by atoms with Crippen LogP contribution in [0.15, 0.2) is 30.9 Å². The molecule has 1 aromatic carbocycles. The average molecular weight is 333 g/mol. The summed E-state index contributed by atoms with van der Waals surface area (Å²) in [6.45, 7) is 7.27. The van der Waals surface area contributed by atoms with Gasteiger partial charge in [0, 0.05) is 37.8 Å². The van der Waals surface area contributed by atoms with Gasteiger partial charge in [-0.05, 0) is 12.5 Å². The summed E-state index contributed by atoms with van der Waals surface area (Å²) in [5.74, 6) is 0.245. The topological polar surface area (TPSA) is 33.7 Å². The first kappa shape index (κ1) is 17.0. The summed E-state index contributed by atoms with van der Waals surface area (Å²) in [6, 6.07) is 5.01. The van der Waals surface area contributed by atoms with Crippen LogP contribution in [0.3, 0.4) is 0 Å². The number of piperazine rings is 1. The van der Waals surface area contributed by atoms with Crippen LogP contribution in [0.25, 0.3) is 0 Å². The molecule has 122 valence electrons. The number of nitrogens with one attached hydrogen (secondary N) is 1. The van der Waals surface area contributed by atoms with Crippen molar-refractivity contribution in [3.8, 4) is 11.5 Å². The standard InChI is InChI=1S/C15H18F2N2O2.ClH/c1-2-4-12(19-9-7-18-8-10-19)11-5-3-6-13-14(11)21-15(16,17)20-13;/h2-3,5-6,12,18H,1,4,7-10H2;1H/t12-;/m1./s1. The Hall–Kier alpha value is -1.37. The maximum Gasteiger partial charge on any atom is 0.586 e. The highest BCUT2D eigenvalue weighted by Gasteiger charge is 2.45. The molecular weight excluding hydrogens is 314 g/mol. The van der Waals surface area contributed by atoms with Crippen molar-refractivity contribution in [1.29, 1.82) is 0 Å². The molecule has 2 aliphatic heterocycles. The summed E-state index contributed by atoms with van der Waals surface area (Å²) in [7, 11) is 0. The third kappa shape index (κ3) is 3.34. The molecule has 4 nitrogen and oxygen atoms in total. The van der Waals surface area contributed by atoms with E-state index in [0.717, 1.165) is 31.7 Å². The number of fused-ring (bicyclic) bond motifs is 1. The molecular formula is C15H19ClF2N2O2. The quantitative estimate of drug-likeness (QED) is 0.860. The number of benzene rings is 1. The minimum atomic E-state index is -3.58. The first-order chi connectivity index (χ1) is 10.1. The molecule has 1 fully saturated rings. The van der Waals surface area contributed by atoms with Crippen molar-refractivity contribution >= 4 is 12.4 Å². The highest BCUT2D eigenvalue weighted by molar-refractivity contribution is 5.85. The number of ether oxygens (including phenoxy) is 2. The van der Waals surface area contributed by atoms with Crippen LogP contribution in [0.5, 0.6) is 11.5 Å². The maximum atomic E-state index is 13.3. The van der Waals surface area contributed by atoms with Crippen molar-refractivity contribution in [3.63, 3.8) is 0 Å². The lowest BCUT2D eigenvalue weighted by Crippen LogP contribution is -2.45. The molecule has 0 bridgehead atoms. The Labute approximate surface area is 134 Å². The molecule has 7 heteroatoms. The van der Waals surface area contributed by atoms with E-state index in [1.54, 1.807) is 12.1 Å². The fourth-order valence-corrected chi connectivity index (χ4v) is 2.88. The van der Waals surface area contributed by atoms with Crippen LogP contribution < -0.4 is 14.8 Å². The van der Waals surface area contributed by atoms with Gasteiger partial charge in [0.1, 0.15) is 0 Å². The largest absolute Gasteiger partial charge is 0.586 e. The molecule has 0 aromatic heterocycles. The van der Waals surface area contributed by atoms with Gasteiger partial charge in [-0.15, -0.1) is 27.8 Å². The predicted octanol–water partition coefficient (Wildman–Crippen LogP) is 2.95. The van der Waals surface area contributed by atoms with Gasteiger partial charge < -0.3 is 14.8 Å². The molecule has 0 aliphatic carbocycles. The van der Waals surface area contributed by atoms with Gasteiger partial charge in [0.25, 0.3) is 0 Å². The van der Waals surface area contributed by atoms with Crippen LogP contribution in [0.2, 0.25) is 0 Å². The number of hydrogen-bond acceptors (Lipinski definition) is 4. The zero-order chi connectivity index (χ0) is 14.9. The minimum Gasteiger partial charge on any atom is -0.395 e. The minimum absolute atomic E-state index is 0. The van der Waals surface area contributed by atoms with E-state index >= 15 is 0 Å². The molecule has 1 N–H and O–H groups in total. The fourth-order valence-electron chi connectivity index (χ4n) is 2.88.